The van der Waals surface area contributed by atoms with Crippen molar-refractivity contribution >= 4 is 34.3 Å². The van der Waals surface area contributed by atoms with Crippen LogP contribution >= 0.6 is 0 Å². The van der Waals surface area contributed by atoms with Crippen LogP contribution < -0.4 is 10.7 Å². The predicted molar refractivity (Wildman–Crippen MR) is 137 cm³/mol. The van der Waals surface area contributed by atoms with E-state index < -0.39 is 0 Å². The molecule has 1 aliphatic rings. The molecule has 0 saturated carbocycles. The Morgan fingerprint density at radius 2 is 1.92 bits per heavy atom. The SMILES string of the molecule is Cc1ccnc(NC(=O)c2oc3c(c2C)/C(=N/NC(=O)Cc2coc4c(C)c(C)ccc24)CCC3)c1. The van der Waals surface area contributed by atoms with E-state index in [9.17, 15) is 9.59 Å². The number of furan rings is 2. The van der Waals surface area contributed by atoms with Gasteiger partial charge in [0.15, 0.2) is 5.76 Å². The molecule has 2 amide bonds. The molecule has 3 aromatic heterocycles. The maximum absolute atomic E-state index is 12.9. The monoisotopic (exact) mass is 484 g/mol. The molecule has 0 radical (unpaired) electrons. The molecule has 0 aliphatic heterocycles. The number of hydrogen-bond donors (Lipinski definition) is 2. The van der Waals surface area contributed by atoms with Crippen molar-refractivity contribution in [3.8, 4) is 0 Å². The number of aryl methyl sites for hydroxylation is 4. The van der Waals surface area contributed by atoms with Crippen LogP contribution in [0.5, 0.6) is 0 Å². The molecule has 8 nitrogen and oxygen atoms in total. The lowest BCUT2D eigenvalue weighted by Crippen LogP contribution is -2.23. The first-order valence-corrected chi connectivity index (χ1v) is 12.0. The number of nitrogens with zero attached hydrogens (tertiary/aromatic N) is 2. The second-order valence-corrected chi connectivity index (χ2v) is 9.30. The van der Waals surface area contributed by atoms with Crippen LogP contribution in [0, 0.1) is 27.7 Å². The quantitative estimate of drug-likeness (QED) is 0.373. The van der Waals surface area contributed by atoms with Gasteiger partial charge in [-0.15, -0.1) is 0 Å². The molecule has 0 fully saturated rings. The number of carbonyl (C=O) groups is 2. The topological polar surface area (TPSA) is 110 Å². The Labute approximate surface area is 208 Å². The summed E-state index contributed by atoms with van der Waals surface area (Å²) in [6.45, 7) is 7.81. The second-order valence-electron chi connectivity index (χ2n) is 9.30. The molecule has 3 heterocycles. The number of pyridine rings is 1. The minimum atomic E-state index is -0.360. The van der Waals surface area contributed by atoms with Crippen LogP contribution in [-0.2, 0) is 17.6 Å². The number of hydrogen-bond acceptors (Lipinski definition) is 6. The number of nitrogens with one attached hydrogen (secondary N) is 2. The van der Waals surface area contributed by atoms with Crippen molar-refractivity contribution in [3.05, 3.63) is 81.6 Å². The van der Waals surface area contributed by atoms with E-state index in [1.807, 2.05) is 45.9 Å². The van der Waals surface area contributed by atoms with Crippen molar-refractivity contribution in [2.24, 2.45) is 5.10 Å². The third-order valence-electron chi connectivity index (χ3n) is 6.70. The Balaban J connectivity index is 1.33. The van der Waals surface area contributed by atoms with Crippen molar-refractivity contribution in [2.45, 2.75) is 53.4 Å². The van der Waals surface area contributed by atoms with E-state index in [4.69, 9.17) is 8.83 Å². The summed E-state index contributed by atoms with van der Waals surface area (Å²) in [7, 11) is 0. The van der Waals surface area contributed by atoms with E-state index in [-0.39, 0.29) is 24.0 Å². The molecule has 5 rings (SSSR count). The van der Waals surface area contributed by atoms with Gasteiger partial charge in [-0.1, -0.05) is 12.1 Å². The zero-order chi connectivity index (χ0) is 25.4. The van der Waals surface area contributed by atoms with Gasteiger partial charge in [0.25, 0.3) is 5.91 Å². The fraction of sp³-hybridized carbons (Fsp3) is 0.286. The van der Waals surface area contributed by atoms with Crippen LogP contribution in [0.2, 0.25) is 0 Å². The maximum atomic E-state index is 12.9. The summed E-state index contributed by atoms with van der Waals surface area (Å²) in [5.41, 5.74) is 9.73. The summed E-state index contributed by atoms with van der Waals surface area (Å²) in [5, 5.41) is 8.16. The van der Waals surface area contributed by atoms with Gasteiger partial charge in [-0.05, 0) is 69.4 Å². The highest BCUT2D eigenvalue weighted by atomic mass is 16.4. The molecular formula is C28H28N4O4. The standard InChI is InChI=1S/C28H28N4O4/c1-15-10-11-29-23(12-15)30-28(34)27-18(4)25-21(6-5-7-22(25)36-27)31-32-24(33)13-19-14-35-26-17(3)16(2)8-9-20(19)26/h8-12,14H,5-7,13H2,1-4H3,(H,32,33)(H,29,30,34)/b31-21+. The Morgan fingerprint density at radius 3 is 2.72 bits per heavy atom. The van der Waals surface area contributed by atoms with Gasteiger partial charge in [0, 0.05) is 34.7 Å². The summed E-state index contributed by atoms with van der Waals surface area (Å²) in [4.78, 5) is 29.8. The number of hydrazone groups is 1. The third-order valence-corrected chi connectivity index (χ3v) is 6.70. The average molecular weight is 485 g/mol. The molecule has 0 spiro atoms. The summed E-state index contributed by atoms with van der Waals surface area (Å²) >= 11 is 0. The van der Waals surface area contributed by atoms with Gasteiger partial charge >= 0.3 is 0 Å². The Morgan fingerprint density at radius 1 is 1.08 bits per heavy atom. The van der Waals surface area contributed by atoms with E-state index in [0.29, 0.717) is 35.7 Å². The van der Waals surface area contributed by atoms with Crippen molar-refractivity contribution < 1.29 is 18.4 Å². The zero-order valence-corrected chi connectivity index (χ0v) is 20.8. The molecule has 184 valence electrons. The lowest BCUT2D eigenvalue weighted by Gasteiger charge is -2.13. The zero-order valence-electron chi connectivity index (χ0n) is 20.8. The van der Waals surface area contributed by atoms with Crippen LogP contribution in [0.4, 0.5) is 5.82 Å². The molecule has 1 aromatic carbocycles. The fourth-order valence-corrected chi connectivity index (χ4v) is 4.64. The molecule has 0 saturated heterocycles. The van der Waals surface area contributed by atoms with E-state index in [1.165, 1.54) is 0 Å². The molecule has 1 aliphatic carbocycles. The molecule has 0 unspecified atom stereocenters. The first-order valence-electron chi connectivity index (χ1n) is 12.0. The van der Waals surface area contributed by atoms with Gasteiger partial charge < -0.3 is 14.2 Å². The Kier molecular flexibility index (Phi) is 6.18. The number of carbonyl (C=O) groups excluding carboxylic acids is 2. The molecule has 8 heteroatoms. The molecule has 4 aromatic rings. The van der Waals surface area contributed by atoms with Gasteiger partial charge in [-0.3, -0.25) is 9.59 Å². The van der Waals surface area contributed by atoms with Crippen LogP contribution in [-0.4, -0.2) is 22.5 Å². The van der Waals surface area contributed by atoms with Crippen LogP contribution in [0.1, 0.15) is 62.5 Å². The number of amides is 2. The number of aromatic nitrogens is 1. The number of rotatable bonds is 5. The summed E-state index contributed by atoms with van der Waals surface area (Å²) in [5.74, 6) is 0.813. The van der Waals surface area contributed by atoms with E-state index in [2.05, 4.69) is 20.8 Å². The third kappa shape index (κ3) is 4.42. The highest BCUT2D eigenvalue weighted by Gasteiger charge is 2.28. The molecule has 0 bridgehead atoms. The van der Waals surface area contributed by atoms with Crippen molar-refractivity contribution in [2.75, 3.05) is 5.32 Å². The number of fused-ring (bicyclic) bond motifs is 2. The summed E-state index contributed by atoms with van der Waals surface area (Å²) in [6, 6.07) is 7.67. The molecule has 2 N–H and O–H groups in total. The highest BCUT2D eigenvalue weighted by Crippen LogP contribution is 2.30. The lowest BCUT2D eigenvalue weighted by atomic mass is 9.93. The van der Waals surface area contributed by atoms with Crippen LogP contribution in [0.15, 0.2) is 50.7 Å². The molecule has 0 atom stereocenters. The highest BCUT2D eigenvalue weighted by molar-refractivity contribution is 6.09. The second kappa shape index (κ2) is 9.45. The van der Waals surface area contributed by atoms with Crippen LogP contribution in [0.25, 0.3) is 11.0 Å². The number of anilines is 1. The number of benzene rings is 1. The van der Waals surface area contributed by atoms with Gasteiger partial charge in [0.2, 0.25) is 5.91 Å². The maximum Gasteiger partial charge on any atom is 0.292 e. The molecular weight excluding hydrogens is 456 g/mol. The Hall–Kier alpha value is -4.20. The van der Waals surface area contributed by atoms with Crippen molar-refractivity contribution in [1.29, 1.82) is 0 Å². The van der Waals surface area contributed by atoms with Crippen molar-refractivity contribution in [3.63, 3.8) is 0 Å². The smallest absolute Gasteiger partial charge is 0.292 e. The van der Waals surface area contributed by atoms with Crippen LogP contribution in [0.3, 0.4) is 0 Å². The first-order chi connectivity index (χ1) is 17.3. The summed E-state index contributed by atoms with van der Waals surface area (Å²) < 4.78 is 11.7. The minimum Gasteiger partial charge on any atom is -0.464 e. The minimum absolute atomic E-state index is 0.153. The first kappa shape index (κ1) is 23.5. The van der Waals surface area contributed by atoms with E-state index in [0.717, 1.165) is 45.2 Å². The lowest BCUT2D eigenvalue weighted by molar-refractivity contribution is -0.120. The van der Waals surface area contributed by atoms with Crippen molar-refractivity contribution in [1.82, 2.24) is 10.4 Å². The van der Waals surface area contributed by atoms with E-state index >= 15 is 0 Å². The van der Waals surface area contributed by atoms with Gasteiger partial charge in [-0.25, -0.2) is 10.4 Å². The average Bonchev–Trinajstić information content (AvgIpc) is 3.41. The Bertz CT molecular complexity index is 1530. The van der Waals surface area contributed by atoms with Gasteiger partial charge in [0.05, 0.1) is 18.4 Å². The normalized spacial score (nSPS) is 14.2. The largest absolute Gasteiger partial charge is 0.464 e. The van der Waals surface area contributed by atoms with Gasteiger partial charge in [0.1, 0.15) is 17.2 Å². The predicted octanol–water partition coefficient (Wildman–Crippen LogP) is 5.31. The van der Waals surface area contributed by atoms with E-state index in [1.54, 1.807) is 18.5 Å². The summed E-state index contributed by atoms with van der Waals surface area (Å²) in [6.07, 6.45) is 5.64. The fourth-order valence-electron chi connectivity index (χ4n) is 4.64. The van der Waals surface area contributed by atoms with Gasteiger partial charge in [-0.2, -0.15) is 5.10 Å². The molecule has 36 heavy (non-hydrogen) atoms.